The molecule has 2 aromatic rings. The molecule has 2 aromatic carbocycles. The normalized spacial score (nSPS) is 14.5. The van der Waals surface area contributed by atoms with Crippen molar-refractivity contribution in [3.8, 4) is 0 Å². The van der Waals surface area contributed by atoms with Crippen molar-refractivity contribution >= 4 is 29.1 Å². The molecule has 1 saturated heterocycles. The van der Waals surface area contributed by atoms with Gasteiger partial charge in [-0.25, -0.2) is 0 Å². The number of carbonyl (C=O) groups is 3. The van der Waals surface area contributed by atoms with E-state index < -0.39 is 0 Å². The first kappa shape index (κ1) is 24.5. The molecule has 0 bridgehead atoms. The van der Waals surface area contributed by atoms with Gasteiger partial charge in [-0.3, -0.25) is 19.3 Å². The number of aryl methyl sites for hydroxylation is 1. The Kier molecular flexibility index (Phi) is 9.01. The summed E-state index contributed by atoms with van der Waals surface area (Å²) in [6, 6.07) is 17.1. The molecule has 3 amide bonds. The highest BCUT2D eigenvalue weighted by molar-refractivity contribution is 5.95. The largest absolute Gasteiger partial charge is 0.332 e. The number of nitrogens with zero attached hydrogens (tertiary/aromatic N) is 2. The average Bonchev–Trinajstić information content (AvgIpc) is 2.81. The fourth-order valence-corrected chi connectivity index (χ4v) is 4.05. The fourth-order valence-electron chi connectivity index (χ4n) is 4.05. The Hall–Kier alpha value is -3.19. The van der Waals surface area contributed by atoms with Crippen molar-refractivity contribution in [1.29, 1.82) is 0 Å². The Balaban J connectivity index is 1.47. The molecule has 3 rings (SSSR count). The first-order valence-electron chi connectivity index (χ1n) is 11.7. The van der Waals surface area contributed by atoms with Crippen LogP contribution in [0, 0.1) is 12.8 Å². The third kappa shape index (κ3) is 7.43. The Bertz CT molecular complexity index is 940. The molecule has 0 aliphatic carbocycles. The molecule has 2 N–H and O–H groups in total. The summed E-state index contributed by atoms with van der Waals surface area (Å²) >= 11 is 0. The van der Waals surface area contributed by atoms with E-state index in [4.69, 9.17) is 0 Å². The van der Waals surface area contributed by atoms with Crippen LogP contribution in [0.3, 0.4) is 0 Å². The van der Waals surface area contributed by atoms with Gasteiger partial charge in [-0.15, -0.1) is 0 Å². The Morgan fingerprint density at radius 1 is 0.970 bits per heavy atom. The van der Waals surface area contributed by atoms with Gasteiger partial charge in [0.1, 0.15) is 0 Å². The van der Waals surface area contributed by atoms with E-state index in [1.54, 1.807) is 4.90 Å². The molecule has 0 aromatic heterocycles. The van der Waals surface area contributed by atoms with Crippen molar-refractivity contribution in [3.63, 3.8) is 0 Å². The number of carbonyl (C=O) groups excluding carboxylic acids is 3. The Morgan fingerprint density at radius 3 is 2.30 bits per heavy atom. The van der Waals surface area contributed by atoms with Gasteiger partial charge in [-0.1, -0.05) is 43.3 Å². The molecule has 0 atom stereocenters. The highest BCUT2D eigenvalue weighted by Crippen LogP contribution is 2.20. The molecule has 1 fully saturated rings. The van der Waals surface area contributed by atoms with Gasteiger partial charge in [0.25, 0.3) is 0 Å². The zero-order valence-corrected chi connectivity index (χ0v) is 19.5. The predicted molar refractivity (Wildman–Crippen MR) is 131 cm³/mol. The number of hydrogen-bond donors (Lipinski definition) is 2. The molecule has 0 spiro atoms. The van der Waals surface area contributed by atoms with Crippen molar-refractivity contribution in [2.75, 3.05) is 43.4 Å². The van der Waals surface area contributed by atoms with Crippen LogP contribution < -0.4 is 10.6 Å². The summed E-state index contributed by atoms with van der Waals surface area (Å²) in [4.78, 5) is 41.7. The standard InChI is InChI=1S/C26H34N4O3/c1-3-15-30(18-24(31)28-23-12-8-7-9-20(23)2)25(32)19-29-16-13-21(14-17-29)26(33)27-22-10-5-4-6-11-22/h4-12,21H,3,13-19H2,1-2H3,(H,27,33)(H,28,31). The minimum atomic E-state index is -0.192. The number of hydrogen-bond acceptors (Lipinski definition) is 4. The Labute approximate surface area is 196 Å². The van der Waals surface area contributed by atoms with E-state index in [1.165, 1.54) is 0 Å². The van der Waals surface area contributed by atoms with Gasteiger partial charge in [0.05, 0.1) is 13.1 Å². The van der Waals surface area contributed by atoms with E-state index in [9.17, 15) is 14.4 Å². The molecule has 176 valence electrons. The van der Waals surface area contributed by atoms with E-state index in [-0.39, 0.29) is 36.7 Å². The van der Waals surface area contributed by atoms with Crippen LogP contribution >= 0.6 is 0 Å². The van der Waals surface area contributed by atoms with Crippen LogP contribution in [0.15, 0.2) is 54.6 Å². The number of para-hydroxylation sites is 2. The molecule has 1 heterocycles. The van der Waals surface area contributed by atoms with Crippen LogP contribution in [0.1, 0.15) is 31.7 Å². The van der Waals surface area contributed by atoms with Crippen molar-refractivity contribution in [3.05, 3.63) is 60.2 Å². The summed E-state index contributed by atoms with van der Waals surface area (Å²) < 4.78 is 0. The predicted octanol–water partition coefficient (Wildman–Crippen LogP) is 3.52. The monoisotopic (exact) mass is 450 g/mol. The van der Waals surface area contributed by atoms with Crippen molar-refractivity contribution in [1.82, 2.24) is 9.80 Å². The van der Waals surface area contributed by atoms with Gasteiger partial charge in [-0.05, 0) is 63.0 Å². The second-order valence-electron chi connectivity index (χ2n) is 8.58. The SMILES string of the molecule is CCCN(CC(=O)Nc1ccccc1C)C(=O)CN1CCC(C(=O)Nc2ccccc2)CC1. The number of piperidine rings is 1. The molecular weight excluding hydrogens is 416 g/mol. The van der Waals surface area contributed by atoms with Crippen LogP contribution in [-0.4, -0.2) is 60.2 Å². The van der Waals surface area contributed by atoms with E-state index in [1.807, 2.05) is 68.4 Å². The lowest BCUT2D eigenvalue weighted by molar-refractivity contribution is -0.136. The van der Waals surface area contributed by atoms with E-state index in [0.29, 0.717) is 32.5 Å². The molecule has 7 heteroatoms. The number of likely N-dealkylation sites (tertiary alicyclic amines) is 1. The molecule has 1 aliphatic rings. The third-order valence-electron chi connectivity index (χ3n) is 5.96. The molecule has 7 nitrogen and oxygen atoms in total. The molecule has 0 radical (unpaired) electrons. The molecule has 0 unspecified atom stereocenters. The zero-order chi connectivity index (χ0) is 23.6. The second-order valence-corrected chi connectivity index (χ2v) is 8.58. The number of nitrogens with one attached hydrogen (secondary N) is 2. The summed E-state index contributed by atoms with van der Waals surface area (Å²) in [6.45, 7) is 6.16. The molecule has 0 saturated carbocycles. The first-order valence-corrected chi connectivity index (χ1v) is 11.7. The smallest absolute Gasteiger partial charge is 0.244 e. The topological polar surface area (TPSA) is 81.8 Å². The molecular formula is C26H34N4O3. The summed E-state index contributed by atoms with van der Waals surface area (Å²) in [6.07, 6.45) is 2.21. The van der Waals surface area contributed by atoms with Crippen LogP contribution in [0.5, 0.6) is 0 Å². The van der Waals surface area contributed by atoms with Crippen LogP contribution in [0.2, 0.25) is 0 Å². The van der Waals surface area contributed by atoms with E-state index in [2.05, 4.69) is 15.5 Å². The molecule has 1 aliphatic heterocycles. The summed E-state index contributed by atoms with van der Waals surface area (Å²) in [7, 11) is 0. The van der Waals surface area contributed by atoms with Crippen molar-refractivity contribution in [2.45, 2.75) is 33.1 Å². The van der Waals surface area contributed by atoms with Gasteiger partial charge in [-0.2, -0.15) is 0 Å². The van der Waals surface area contributed by atoms with Crippen molar-refractivity contribution in [2.24, 2.45) is 5.92 Å². The minimum absolute atomic E-state index is 0.0349. The van der Waals surface area contributed by atoms with Gasteiger partial charge in [0.2, 0.25) is 17.7 Å². The molecule has 33 heavy (non-hydrogen) atoms. The summed E-state index contributed by atoms with van der Waals surface area (Å²) in [5.74, 6) is -0.262. The lowest BCUT2D eigenvalue weighted by Crippen LogP contribution is -2.47. The minimum Gasteiger partial charge on any atom is -0.332 e. The maximum atomic E-state index is 12.9. The van der Waals surface area contributed by atoms with Gasteiger partial charge >= 0.3 is 0 Å². The van der Waals surface area contributed by atoms with Crippen LogP contribution in [-0.2, 0) is 14.4 Å². The summed E-state index contributed by atoms with van der Waals surface area (Å²) in [5.41, 5.74) is 2.56. The van der Waals surface area contributed by atoms with Crippen LogP contribution in [0.25, 0.3) is 0 Å². The third-order valence-corrected chi connectivity index (χ3v) is 5.96. The quantitative estimate of drug-likeness (QED) is 0.612. The number of anilines is 2. The van der Waals surface area contributed by atoms with Gasteiger partial charge in [0, 0.05) is 23.8 Å². The number of benzene rings is 2. The highest BCUT2D eigenvalue weighted by atomic mass is 16.2. The lowest BCUT2D eigenvalue weighted by atomic mass is 9.95. The lowest BCUT2D eigenvalue weighted by Gasteiger charge is -2.32. The first-order chi connectivity index (χ1) is 16.0. The fraction of sp³-hybridized carbons (Fsp3) is 0.423. The van der Waals surface area contributed by atoms with E-state index >= 15 is 0 Å². The van der Waals surface area contributed by atoms with Gasteiger partial charge < -0.3 is 15.5 Å². The second kappa shape index (κ2) is 12.2. The van der Waals surface area contributed by atoms with Gasteiger partial charge in [0.15, 0.2) is 0 Å². The summed E-state index contributed by atoms with van der Waals surface area (Å²) in [5, 5.41) is 5.88. The maximum absolute atomic E-state index is 12.9. The van der Waals surface area contributed by atoms with Crippen LogP contribution in [0.4, 0.5) is 11.4 Å². The average molecular weight is 451 g/mol. The maximum Gasteiger partial charge on any atom is 0.244 e. The van der Waals surface area contributed by atoms with E-state index in [0.717, 1.165) is 23.4 Å². The highest BCUT2D eigenvalue weighted by Gasteiger charge is 2.27. The number of rotatable bonds is 9. The number of amides is 3. The van der Waals surface area contributed by atoms with Crippen molar-refractivity contribution < 1.29 is 14.4 Å². The zero-order valence-electron chi connectivity index (χ0n) is 19.5. The Morgan fingerprint density at radius 2 is 1.64 bits per heavy atom.